The molecule has 5 nitrogen and oxygen atoms in total. The van der Waals surface area contributed by atoms with Crippen LogP contribution in [-0.2, 0) is 6.54 Å². The first-order valence-electron chi connectivity index (χ1n) is 8.24. The van der Waals surface area contributed by atoms with E-state index in [0.29, 0.717) is 17.7 Å². The second-order valence-corrected chi connectivity index (χ2v) is 6.83. The third-order valence-electron chi connectivity index (χ3n) is 4.05. The molecule has 0 atom stereocenters. The van der Waals surface area contributed by atoms with Crippen molar-refractivity contribution in [2.24, 2.45) is 0 Å². The standard InChI is InChI=1S/C21H17BrN2O3/c22-19-9-7-14(8-10-19)13-23-20(25)17-5-1-3-15(11-17)16-4-2-6-18(12-16)21(26)24-27/h1-12,27H,13H2,(H,23,25)(H,24,26). The smallest absolute Gasteiger partial charge is 0.274 e. The topological polar surface area (TPSA) is 78.4 Å². The minimum Gasteiger partial charge on any atom is -0.348 e. The van der Waals surface area contributed by atoms with Gasteiger partial charge in [-0.15, -0.1) is 0 Å². The van der Waals surface area contributed by atoms with Crippen LogP contribution in [0.4, 0.5) is 0 Å². The molecule has 0 aromatic heterocycles. The van der Waals surface area contributed by atoms with E-state index in [2.05, 4.69) is 21.2 Å². The van der Waals surface area contributed by atoms with Crippen LogP contribution in [0.25, 0.3) is 11.1 Å². The number of benzene rings is 3. The molecule has 0 bridgehead atoms. The summed E-state index contributed by atoms with van der Waals surface area (Å²) in [5, 5.41) is 11.7. The molecule has 0 heterocycles. The molecule has 0 saturated heterocycles. The van der Waals surface area contributed by atoms with Crippen molar-refractivity contribution in [2.45, 2.75) is 6.54 Å². The molecule has 3 aromatic rings. The van der Waals surface area contributed by atoms with Crippen LogP contribution < -0.4 is 10.8 Å². The number of hydroxylamine groups is 1. The highest BCUT2D eigenvalue weighted by atomic mass is 79.9. The first kappa shape index (κ1) is 18.8. The molecule has 3 aromatic carbocycles. The average Bonchev–Trinajstić information content (AvgIpc) is 2.72. The number of rotatable bonds is 5. The minimum absolute atomic E-state index is 0.177. The zero-order valence-corrected chi connectivity index (χ0v) is 15.9. The van der Waals surface area contributed by atoms with Gasteiger partial charge in [0.1, 0.15) is 0 Å². The maximum absolute atomic E-state index is 12.5. The van der Waals surface area contributed by atoms with Crippen molar-refractivity contribution in [1.82, 2.24) is 10.8 Å². The first-order chi connectivity index (χ1) is 13.1. The van der Waals surface area contributed by atoms with Gasteiger partial charge in [0.05, 0.1) is 0 Å². The Hall–Kier alpha value is -2.96. The molecule has 2 amide bonds. The highest BCUT2D eigenvalue weighted by Gasteiger charge is 2.09. The molecule has 0 radical (unpaired) electrons. The molecule has 0 spiro atoms. The predicted octanol–water partition coefficient (Wildman–Crippen LogP) is 4.17. The summed E-state index contributed by atoms with van der Waals surface area (Å²) in [6.45, 7) is 0.433. The lowest BCUT2D eigenvalue weighted by molar-refractivity contribution is 0.0706. The Kier molecular flexibility index (Phi) is 6.01. The zero-order valence-electron chi connectivity index (χ0n) is 14.3. The van der Waals surface area contributed by atoms with Crippen molar-refractivity contribution in [2.75, 3.05) is 0 Å². The van der Waals surface area contributed by atoms with Crippen LogP contribution in [0.2, 0.25) is 0 Å². The highest BCUT2D eigenvalue weighted by molar-refractivity contribution is 9.10. The zero-order chi connectivity index (χ0) is 19.2. The Morgan fingerprint density at radius 3 is 1.93 bits per heavy atom. The fourth-order valence-electron chi connectivity index (χ4n) is 2.63. The van der Waals surface area contributed by atoms with E-state index in [1.54, 1.807) is 41.9 Å². The maximum Gasteiger partial charge on any atom is 0.274 e. The monoisotopic (exact) mass is 424 g/mol. The number of carbonyl (C=O) groups excluding carboxylic acids is 2. The summed E-state index contributed by atoms with van der Waals surface area (Å²) in [7, 11) is 0. The number of carbonyl (C=O) groups is 2. The van der Waals surface area contributed by atoms with E-state index in [4.69, 9.17) is 5.21 Å². The Morgan fingerprint density at radius 2 is 1.37 bits per heavy atom. The molecule has 0 fully saturated rings. The van der Waals surface area contributed by atoms with Gasteiger partial charge in [-0.2, -0.15) is 0 Å². The van der Waals surface area contributed by atoms with Crippen LogP contribution in [-0.4, -0.2) is 17.0 Å². The SMILES string of the molecule is O=C(NO)c1cccc(-c2cccc(C(=O)NCc3ccc(Br)cc3)c2)c1. The molecule has 0 aliphatic carbocycles. The van der Waals surface area contributed by atoms with E-state index in [1.807, 2.05) is 36.4 Å². The largest absolute Gasteiger partial charge is 0.348 e. The van der Waals surface area contributed by atoms with Gasteiger partial charge in [-0.1, -0.05) is 52.3 Å². The molecule has 0 aliphatic heterocycles. The summed E-state index contributed by atoms with van der Waals surface area (Å²) in [4.78, 5) is 24.1. The van der Waals surface area contributed by atoms with E-state index in [9.17, 15) is 9.59 Å². The van der Waals surface area contributed by atoms with Crippen LogP contribution in [0.1, 0.15) is 26.3 Å². The normalized spacial score (nSPS) is 10.3. The Bertz CT molecular complexity index is 971. The minimum atomic E-state index is -0.583. The molecule has 0 unspecified atom stereocenters. The van der Waals surface area contributed by atoms with E-state index in [-0.39, 0.29) is 5.91 Å². The van der Waals surface area contributed by atoms with Crippen molar-refractivity contribution in [1.29, 1.82) is 0 Å². The van der Waals surface area contributed by atoms with Crippen LogP contribution in [0, 0.1) is 0 Å². The molecule has 27 heavy (non-hydrogen) atoms. The van der Waals surface area contributed by atoms with Gasteiger partial charge in [0.2, 0.25) is 0 Å². The molecular weight excluding hydrogens is 408 g/mol. The fraction of sp³-hybridized carbons (Fsp3) is 0.0476. The van der Waals surface area contributed by atoms with Gasteiger partial charge in [-0.05, 0) is 53.1 Å². The Balaban J connectivity index is 1.76. The number of halogens is 1. The molecule has 0 saturated carbocycles. The summed E-state index contributed by atoms with van der Waals surface area (Å²) < 4.78 is 0.988. The van der Waals surface area contributed by atoms with Gasteiger partial charge < -0.3 is 5.32 Å². The molecular formula is C21H17BrN2O3. The highest BCUT2D eigenvalue weighted by Crippen LogP contribution is 2.22. The van der Waals surface area contributed by atoms with Crippen molar-refractivity contribution >= 4 is 27.7 Å². The third kappa shape index (κ3) is 4.81. The molecule has 3 rings (SSSR count). The predicted molar refractivity (Wildman–Crippen MR) is 106 cm³/mol. The lowest BCUT2D eigenvalue weighted by Crippen LogP contribution is -2.22. The molecule has 3 N–H and O–H groups in total. The Labute approximate surface area is 165 Å². The van der Waals surface area contributed by atoms with Gasteiger partial charge in [0.25, 0.3) is 11.8 Å². The number of hydrogen-bond acceptors (Lipinski definition) is 3. The summed E-state index contributed by atoms with van der Waals surface area (Å²) in [6.07, 6.45) is 0. The summed E-state index contributed by atoms with van der Waals surface area (Å²) in [6, 6.07) is 21.7. The van der Waals surface area contributed by atoms with Crippen LogP contribution >= 0.6 is 15.9 Å². The van der Waals surface area contributed by atoms with Crippen molar-refractivity contribution in [3.05, 3.63) is 94.0 Å². The maximum atomic E-state index is 12.5. The second-order valence-electron chi connectivity index (χ2n) is 5.91. The van der Waals surface area contributed by atoms with Gasteiger partial charge in [-0.3, -0.25) is 14.8 Å². The van der Waals surface area contributed by atoms with Gasteiger partial charge in [-0.25, -0.2) is 5.48 Å². The summed E-state index contributed by atoms with van der Waals surface area (Å²) >= 11 is 3.38. The van der Waals surface area contributed by atoms with Crippen LogP contribution in [0.15, 0.2) is 77.3 Å². The number of nitrogens with one attached hydrogen (secondary N) is 2. The van der Waals surface area contributed by atoms with E-state index in [0.717, 1.165) is 21.2 Å². The van der Waals surface area contributed by atoms with Gasteiger partial charge in [0.15, 0.2) is 0 Å². The number of hydrogen-bond donors (Lipinski definition) is 3. The quantitative estimate of drug-likeness (QED) is 0.424. The second kappa shape index (κ2) is 8.62. The van der Waals surface area contributed by atoms with E-state index in [1.165, 1.54) is 0 Å². The van der Waals surface area contributed by atoms with Crippen molar-refractivity contribution < 1.29 is 14.8 Å². The third-order valence-corrected chi connectivity index (χ3v) is 4.58. The summed E-state index contributed by atoms with van der Waals surface area (Å²) in [5.41, 5.74) is 5.07. The Morgan fingerprint density at radius 1 is 0.815 bits per heavy atom. The lowest BCUT2D eigenvalue weighted by Gasteiger charge is -2.08. The van der Waals surface area contributed by atoms with Gasteiger partial charge >= 0.3 is 0 Å². The number of amides is 2. The molecule has 136 valence electrons. The van der Waals surface area contributed by atoms with Gasteiger partial charge in [0, 0.05) is 22.1 Å². The lowest BCUT2D eigenvalue weighted by atomic mass is 10.0. The van der Waals surface area contributed by atoms with Crippen LogP contribution in [0.3, 0.4) is 0 Å². The van der Waals surface area contributed by atoms with Crippen molar-refractivity contribution in [3.8, 4) is 11.1 Å². The fourth-order valence-corrected chi connectivity index (χ4v) is 2.90. The van der Waals surface area contributed by atoms with E-state index >= 15 is 0 Å². The molecule has 0 aliphatic rings. The average molecular weight is 425 g/mol. The van der Waals surface area contributed by atoms with Crippen LogP contribution in [0.5, 0.6) is 0 Å². The van der Waals surface area contributed by atoms with E-state index < -0.39 is 5.91 Å². The van der Waals surface area contributed by atoms with Crippen molar-refractivity contribution in [3.63, 3.8) is 0 Å². The summed E-state index contributed by atoms with van der Waals surface area (Å²) in [5.74, 6) is -0.760. The molecule has 6 heteroatoms. The first-order valence-corrected chi connectivity index (χ1v) is 9.04.